The monoisotopic (exact) mass is 795 g/mol. The Morgan fingerprint density at radius 2 is 1.61 bits per heavy atom. The van der Waals surface area contributed by atoms with Gasteiger partial charge in [-0.05, 0) is 85.4 Å². The topological polar surface area (TPSA) is 104 Å². The number of para-hydroxylation sites is 1. The van der Waals surface area contributed by atoms with Gasteiger partial charge in [-0.1, -0.05) is 53.5 Å². The number of nitrogens with zero attached hydrogens (tertiary/aromatic N) is 3. The third kappa shape index (κ3) is 9.43. The Bertz CT molecular complexity index is 1950. The highest BCUT2D eigenvalue weighted by Gasteiger charge is 2.38. The van der Waals surface area contributed by atoms with Gasteiger partial charge in [0.25, 0.3) is 0 Å². The molecule has 0 aliphatic carbocycles. The predicted octanol–water partition coefficient (Wildman–Crippen LogP) is 8.35. The number of fused-ring (bicyclic) bond motifs is 3. The number of alkyl halides is 4. The molecule has 2 atom stereocenters. The van der Waals surface area contributed by atoms with Crippen LogP contribution < -0.4 is 19.1 Å². The highest BCUT2D eigenvalue weighted by atomic mass is 35.5. The molecule has 1 aromatic heterocycles. The number of hydrogen-bond donors (Lipinski definition) is 0. The minimum Gasteiger partial charge on any atom is -0.618 e. The van der Waals surface area contributed by atoms with Crippen LogP contribution in [0.4, 0.5) is 32.4 Å². The molecule has 10 nitrogen and oxygen atoms in total. The first-order valence-corrected chi connectivity index (χ1v) is 17.5. The first-order valence-electron chi connectivity index (χ1n) is 16.7. The molecule has 7 rings (SSSR count). The number of hydrogen-bond acceptors (Lipinski definition) is 8. The molecule has 2 bridgehead atoms. The number of anilines is 1. The number of amides is 1. The molecular weight excluding hydrogens is 764 g/mol. The largest absolute Gasteiger partial charge is 0.618 e. The first-order chi connectivity index (χ1) is 25.8. The molecule has 1 amide bonds. The maximum Gasteiger partial charge on any atom is 0.415 e. The van der Waals surface area contributed by atoms with Crippen LogP contribution in [0.1, 0.15) is 46.1 Å². The molecule has 3 aromatic carbocycles. The Labute approximate surface area is 316 Å². The lowest BCUT2D eigenvalue weighted by molar-refractivity contribution is -0.614. The van der Waals surface area contributed by atoms with E-state index >= 15 is 4.39 Å². The number of piperidine rings is 3. The Kier molecular flexibility index (Phi) is 12.3. The quantitative estimate of drug-likeness (QED) is 0.0576. The Morgan fingerprint density at radius 1 is 0.926 bits per heavy atom. The summed E-state index contributed by atoms with van der Waals surface area (Å²) in [6.07, 6.45) is -0.0550. The van der Waals surface area contributed by atoms with E-state index in [4.69, 9.17) is 32.7 Å². The summed E-state index contributed by atoms with van der Waals surface area (Å²) < 4.78 is 88.1. The molecule has 3 saturated heterocycles. The van der Waals surface area contributed by atoms with Crippen LogP contribution in [0.5, 0.6) is 11.5 Å². The van der Waals surface area contributed by atoms with E-state index < -0.39 is 55.1 Å². The van der Waals surface area contributed by atoms with Crippen molar-refractivity contribution in [1.29, 1.82) is 0 Å². The van der Waals surface area contributed by atoms with E-state index in [1.54, 1.807) is 6.07 Å². The molecule has 0 saturated carbocycles. The number of ether oxygens (including phenoxy) is 4. The molecule has 0 radical (unpaired) electrons. The second-order valence-corrected chi connectivity index (χ2v) is 13.5. The van der Waals surface area contributed by atoms with Gasteiger partial charge in [0.2, 0.25) is 5.69 Å². The predicted molar refractivity (Wildman–Crippen MR) is 185 cm³/mol. The van der Waals surface area contributed by atoms with Gasteiger partial charge in [0.05, 0.1) is 24.2 Å². The van der Waals surface area contributed by atoms with Gasteiger partial charge >= 0.3 is 25.3 Å². The van der Waals surface area contributed by atoms with E-state index in [9.17, 15) is 32.4 Å². The summed E-state index contributed by atoms with van der Waals surface area (Å²) in [5.41, 5.74) is 0.352. The molecule has 54 heavy (non-hydrogen) atoms. The van der Waals surface area contributed by atoms with Crippen molar-refractivity contribution in [1.82, 2.24) is 4.90 Å². The van der Waals surface area contributed by atoms with E-state index in [0.29, 0.717) is 16.8 Å². The van der Waals surface area contributed by atoms with Crippen molar-refractivity contribution >= 4 is 41.0 Å². The number of esters is 1. The van der Waals surface area contributed by atoms with Crippen molar-refractivity contribution in [3.8, 4) is 11.5 Å². The summed E-state index contributed by atoms with van der Waals surface area (Å²) >= 11 is 12.2. The normalized spacial score (nSPS) is 18.4. The van der Waals surface area contributed by atoms with Gasteiger partial charge in [0.1, 0.15) is 28.1 Å². The number of carbonyl (C=O) groups is 2. The SMILES string of the molecule is O=C(O[C@@H](Cc1c(Cl)cc(Cl)c[n+]1[O-])c1ccc(OC(F)F)c(OC(F)F)c1)c1ccc(CN(C(=O)O[C@H]2CN3CCC2CC3)c2ccccc2F)cc1. The molecule has 3 aliphatic heterocycles. The summed E-state index contributed by atoms with van der Waals surface area (Å²) in [6.45, 7) is -4.42. The minimum atomic E-state index is -3.43. The highest BCUT2D eigenvalue weighted by Crippen LogP contribution is 2.36. The molecule has 17 heteroatoms. The van der Waals surface area contributed by atoms with Gasteiger partial charge < -0.3 is 24.2 Å². The molecular formula is C37H32Cl2F5N3O7. The third-order valence-corrected chi connectivity index (χ3v) is 9.72. The summed E-state index contributed by atoms with van der Waals surface area (Å²) in [6, 6.07) is 15.9. The Morgan fingerprint density at radius 3 is 2.24 bits per heavy atom. The highest BCUT2D eigenvalue weighted by molar-refractivity contribution is 6.34. The smallest absolute Gasteiger partial charge is 0.415 e. The number of pyridine rings is 1. The zero-order valence-electron chi connectivity index (χ0n) is 28.2. The standard InChI is InChI=1S/C37H32Cl2F5N3O7/c38-25-16-26(39)29(47(50)19-25)17-31(24-9-10-30(52-35(41)42)32(15-24)53-36(43)44)51-34(48)23-7-5-21(6-8-23)18-46(28-4-2-1-3-27(28)40)37(49)54-33-20-45-13-11-22(33)12-14-45/h1-10,15-16,19,22,31,33,35-36H,11-14,17-18,20H2/t31-,33-/m0/s1. The number of rotatable bonds is 13. The van der Waals surface area contributed by atoms with Crippen LogP contribution in [0.3, 0.4) is 0 Å². The van der Waals surface area contributed by atoms with Crippen molar-refractivity contribution in [2.24, 2.45) is 5.92 Å². The molecule has 3 fully saturated rings. The van der Waals surface area contributed by atoms with E-state index in [0.717, 1.165) is 44.3 Å². The van der Waals surface area contributed by atoms with Crippen molar-refractivity contribution in [2.45, 2.75) is 51.2 Å². The lowest BCUT2D eigenvalue weighted by Crippen LogP contribution is -2.53. The van der Waals surface area contributed by atoms with Gasteiger partial charge in [-0.2, -0.15) is 22.3 Å². The maximum atomic E-state index is 15.0. The minimum absolute atomic E-state index is 0.00467. The molecule has 286 valence electrons. The van der Waals surface area contributed by atoms with E-state index in [2.05, 4.69) is 14.4 Å². The Balaban J connectivity index is 1.24. The van der Waals surface area contributed by atoms with Crippen molar-refractivity contribution < 1.29 is 55.2 Å². The second kappa shape index (κ2) is 17.1. The van der Waals surface area contributed by atoms with Crippen molar-refractivity contribution in [2.75, 3.05) is 24.5 Å². The van der Waals surface area contributed by atoms with Crippen LogP contribution >= 0.6 is 23.2 Å². The molecule has 0 spiro atoms. The number of halogens is 7. The van der Waals surface area contributed by atoms with E-state index in [1.165, 1.54) is 59.5 Å². The lowest BCUT2D eigenvalue weighted by Gasteiger charge is -2.44. The van der Waals surface area contributed by atoms with Crippen LogP contribution in [0.2, 0.25) is 10.0 Å². The summed E-state index contributed by atoms with van der Waals surface area (Å²) in [7, 11) is 0. The summed E-state index contributed by atoms with van der Waals surface area (Å²) in [4.78, 5) is 30.5. The number of benzene rings is 3. The Hall–Kier alpha value is -4.86. The van der Waals surface area contributed by atoms with Crippen molar-refractivity contribution in [3.05, 3.63) is 122 Å². The average molecular weight is 797 g/mol. The average Bonchev–Trinajstić information content (AvgIpc) is 3.13. The number of carbonyl (C=O) groups excluding carboxylic acids is 2. The molecule has 4 heterocycles. The second-order valence-electron chi connectivity index (χ2n) is 12.6. The van der Waals surface area contributed by atoms with Gasteiger partial charge in [-0.15, -0.1) is 0 Å². The molecule has 0 N–H and O–H groups in total. The van der Waals surface area contributed by atoms with Gasteiger partial charge in [-0.25, -0.2) is 14.0 Å². The molecule has 3 aliphatic rings. The maximum absolute atomic E-state index is 15.0. The summed E-state index contributed by atoms with van der Waals surface area (Å²) in [5.74, 6) is -2.85. The third-order valence-electron chi connectivity index (χ3n) is 9.19. The molecule has 0 unspecified atom stereocenters. The fourth-order valence-electron chi connectivity index (χ4n) is 6.52. The van der Waals surface area contributed by atoms with E-state index in [-0.39, 0.29) is 51.1 Å². The van der Waals surface area contributed by atoms with Gasteiger partial charge in [0.15, 0.2) is 17.7 Å². The lowest BCUT2D eigenvalue weighted by atomic mass is 9.86. The van der Waals surface area contributed by atoms with Crippen LogP contribution in [-0.4, -0.2) is 55.9 Å². The van der Waals surface area contributed by atoms with Crippen molar-refractivity contribution in [3.63, 3.8) is 0 Å². The number of aromatic nitrogens is 1. The van der Waals surface area contributed by atoms with Crippen LogP contribution in [0, 0.1) is 16.9 Å². The van der Waals surface area contributed by atoms with Gasteiger partial charge in [-0.3, -0.25) is 9.80 Å². The zero-order valence-corrected chi connectivity index (χ0v) is 29.7. The fraction of sp³-hybridized carbons (Fsp3) is 0.324. The van der Waals surface area contributed by atoms with E-state index in [1.807, 2.05) is 0 Å². The fourth-order valence-corrected chi connectivity index (χ4v) is 7.05. The molecule has 4 aromatic rings. The van der Waals surface area contributed by atoms with Crippen LogP contribution in [0.15, 0.2) is 79.0 Å². The van der Waals surface area contributed by atoms with Crippen LogP contribution in [-0.2, 0) is 22.4 Å². The van der Waals surface area contributed by atoms with Crippen LogP contribution in [0.25, 0.3) is 0 Å². The first kappa shape index (κ1) is 38.9. The zero-order chi connectivity index (χ0) is 38.5. The van der Waals surface area contributed by atoms with Gasteiger partial charge in [0, 0.05) is 6.54 Å². The summed E-state index contributed by atoms with van der Waals surface area (Å²) in [5, 5.41) is 12.6.